The number of halogens is 4. The van der Waals surface area contributed by atoms with Gasteiger partial charge in [0.25, 0.3) is 0 Å². The molecular formula is C131H240F4N4O11. The number of imide groups is 1. The fourth-order valence-electron chi connectivity index (χ4n) is 10.8. The molecule has 13 rings (SSSR count). The van der Waals surface area contributed by atoms with Crippen molar-refractivity contribution in [1.29, 1.82) is 5.26 Å². The van der Waals surface area contributed by atoms with E-state index in [-0.39, 0.29) is 54.2 Å². The predicted octanol–water partition coefficient (Wildman–Crippen LogP) is 40.8. The summed E-state index contributed by atoms with van der Waals surface area (Å²) in [6, 6.07) is 34.4. The Bertz CT molecular complexity index is 3690. The van der Waals surface area contributed by atoms with Crippen LogP contribution >= 0.6 is 0 Å². The van der Waals surface area contributed by atoms with Gasteiger partial charge in [-0.15, -0.1) is 5.92 Å². The second-order valence-electron chi connectivity index (χ2n) is 34.7. The summed E-state index contributed by atoms with van der Waals surface area (Å²) in [6.07, 6.45) is 39.6. The van der Waals surface area contributed by atoms with E-state index in [4.69, 9.17) is 38.1 Å². The Labute approximate surface area is 927 Å². The standard InChI is InChI=1S/2C11H14O2.C10H16O.C9H8F4.C9H9NO3.C8H10.C7H9N.C6H8O.C6H12.C4H11N.C4H8O.C3H5N.C3H6O.10C3H8.5C2H6/c2*1-4-8-5-6-9-10(7-8)13-11(2,3)12-9;1-2-11-10-8-6-4-3-5-7-9-10;1-3-5-8(12)6(10)4(2)7(11)9(5)13;1-10-8(11)6-4-2-3-5(13-4)7(6)9(10)12;1-2-8-6-4-3-5-7-8;1-2-7-5-3-4-6-8-7;1-2-6-4-3-5-7-6;1-6-4-2-3-5-6;1-4-5(2)3;1-3-4(2)5;2*1-2-3-4;10*1-3-2;5*1-2/h2*5-7H,4H2,1-3H3;10H,2-6,8H2,1H3;3H2,1-2H3;2-7H,1H3;3-7H,2H2,1H3;3-6H,2H2,1H3;3-5H,2H2,1H3;6H,2-5H2,1H3;4H2,1-3H3;3H2,1-2H3;2H2,1H3;3H,2H2,1H3;10*3H2,1-2H3;5*1-2H3. The highest BCUT2D eigenvalue weighted by Gasteiger charge is 2.59. The van der Waals surface area contributed by atoms with Gasteiger partial charge in [0.05, 0.1) is 36.4 Å². The number of amides is 2. The van der Waals surface area contributed by atoms with Crippen LogP contribution in [-0.4, -0.2) is 103 Å². The Hall–Kier alpha value is -8.62. The van der Waals surface area contributed by atoms with E-state index in [2.05, 4.69) is 259 Å². The molecule has 878 valence electrons. The van der Waals surface area contributed by atoms with Gasteiger partial charge in [-0.25, -0.2) is 17.6 Å². The zero-order valence-corrected chi connectivity index (χ0v) is 107. The van der Waals surface area contributed by atoms with Crippen LogP contribution in [0.4, 0.5) is 17.6 Å². The highest BCUT2D eigenvalue weighted by molar-refractivity contribution is 6.06. The summed E-state index contributed by atoms with van der Waals surface area (Å²) in [5.74, 6) is 5.20. The second-order valence-corrected chi connectivity index (χ2v) is 34.7. The molecule has 7 heterocycles. The number of Topliss-reactive ketones (excluding diaryl/α,β-unsaturated/α-hetero) is 1. The lowest BCUT2D eigenvalue weighted by atomic mass is 9.85. The Morgan fingerprint density at radius 1 is 0.487 bits per heavy atom. The first-order valence-corrected chi connectivity index (χ1v) is 58.5. The largest absolute Gasteiger partial charge is 0.469 e. The van der Waals surface area contributed by atoms with Gasteiger partial charge in [-0.1, -0.05) is 447 Å². The van der Waals surface area contributed by atoms with Gasteiger partial charge in [-0.3, -0.25) is 19.5 Å². The van der Waals surface area contributed by atoms with E-state index in [0.717, 1.165) is 112 Å². The van der Waals surface area contributed by atoms with E-state index in [1.165, 1.54) is 138 Å². The van der Waals surface area contributed by atoms with E-state index in [9.17, 15) is 36.7 Å². The predicted molar refractivity (Wildman–Crippen MR) is 651 cm³/mol. The van der Waals surface area contributed by atoms with Crippen molar-refractivity contribution in [2.45, 2.75) is 542 Å². The third-order valence-corrected chi connectivity index (χ3v) is 17.6. The van der Waals surface area contributed by atoms with Gasteiger partial charge < -0.3 is 47.3 Å². The maximum atomic E-state index is 12.9. The number of aromatic nitrogens is 1. The maximum absolute atomic E-state index is 12.9. The molecule has 7 aliphatic rings. The van der Waals surface area contributed by atoms with Crippen LogP contribution in [0, 0.1) is 71.1 Å². The number of hydrogen-bond acceptors (Lipinski definition) is 14. The van der Waals surface area contributed by atoms with Gasteiger partial charge in [0, 0.05) is 96.5 Å². The molecule has 2 aromatic heterocycles. The van der Waals surface area contributed by atoms with Gasteiger partial charge >= 0.3 is 0 Å². The van der Waals surface area contributed by atoms with E-state index < -0.39 is 46.0 Å². The lowest BCUT2D eigenvalue weighted by molar-refractivity contribution is -0.140. The van der Waals surface area contributed by atoms with E-state index >= 15 is 0 Å². The number of ether oxygens (including phenoxy) is 6. The number of rotatable bonds is 11. The fourth-order valence-corrected chi connectivity index (χ4v) is 10.8. The number of aldehydes is 1. The number of nitrogens with zero attached hydrogens (tertiary/aromatic N) is 4. The van der Waals surface area contributed by atoms with Gasteiger partial charge in [0.1, 0.15) is 23.9 Å². The molecule has 0 radical (unpaired) electrons. The number of ketones is 1. The molecular weight excluding hydrogens is 1880 g/mol. The number of aryl methyl sites for hydroxylation is 5. The molecule has 0 N–H and O–H groups in total. The maximum Gasteiger partial charge on any atom is 0.246 e. The average molecular weight is 2120 g/mol. The Balaban J connectivity index is -0.0000000994. The minimum atomic E-state index is -1.31. The zero-order chi connectivity index (χ0) is 120. The molecule has 2 amide bonds. The van der Waals surface area contributed by atoms with Crippen LogP contribution in [0.15, 0.2) is 126 Å². The van der Waals surface area contributed by atoms with Crippen LogP contribution < -0.4 is 18.9 Å². The van der Waals surface area contributed by atoms with Crippen LogP contribution in [0.2, 0.25) is 0 Å². The summed E-state index contributed by atoms with van der Waals surface area (Å²) >= 11 is 0. The normalized spacial score (nSPS) is 14.5. The van der Waals surface area contributed by atoms with Crippen molar-refractivity contribution in [2.75, 3.05) is 34.3 Å². The number of fused-ring (bicyclic) bond motifs is 7. The highest BCUT2D eigenvalue weighted by Crippen LogP contribution is 2.45. The van der Waals surface area contributed by atoms with Crippen LogP contribution in [0.3, 0.4) is 0 Å². The zero-order valence-electron chi connectivity index (χ0n) is 107. The van der Waals surface area contributed by atoms with Gasteiger partial charge in [0.2, 0.25) is 23.4 Å². The first-order chi connectivity index (χ1) is 71.5. The Kier molecular flexibility index (Phi) is 154. The minimum Gasteiger partial charge on any atom is -0.469 e. The molecule has 0 spiro atoms. The molecule has 5 atom stereocenters. The molecule has 5 aliphatic heterocycles. The van der Waals surface area contributed by atoms with Gasteiger partial charge in [0.15, 0.2) is 46.3 Å². The third-order valence-electron chi connectivity index (χ3n) is 17.6. The third kappa shape index (κ3) is 105. The number of furan rings is 1. The topological polar surface area (TPSA) is 180 Å². The molecule has 2 aliphatic carbocycles. The molecule has 15 nitrogen and oxygen atoms in total. The van der Waals surface area contributed by atoms with Gasteiger partial charge in [-0.05, 0) is 164 Å². The summed E-state index contributed by atoms with van der Waals surface area (Å²) in [5.41, 5.74) is 3.97. The van der Waals surface area contributed by atoms with Crippen molar-refractivity contribution in [3.8, 4) is 40.9 Å². The summed E-state index contributed by atoms with van der Waals surface area (Å²) in [7, 11) is 5.66. The first-order valence-electron chi connectivity index (χ1n) is 58.5. The van der Waals surface area contributed by atoms with E-state index in [0.29, 0.717) is 19.3 Å². The first kappa shape index (κ1) is 174. The van der Waals surface area contributed by atoms with Crippen LogP contribution in [0.25, 0.3) is 0 Å². The van der Waals surface area contributed by atoms with Gasteiger partial charge in [-0.2, -0.15) is 5.26 Å². The minimum absolute atomic E-state index is 0.0776. The van der Waals surface area contributed by atoms with Crippen molar-refractivity contribution in [3.63, 3.8) is 0 Å². The van der Waals surface area contributed by atoms with Crippen LogP contribution in [0.5, 0.6) is 23.0 Å². The van der Waals surface area contributed by atoms with Crippen molar-refractivity contribution >= 4 is 23.9 Å². The second kappa shape index (κ2) is 133. The SMILES string of the molecule is CC.CC.CC.CC.CC.CC1CCCC1.CCC.CCC.CCC.CCC.CCC.CCC.CCC.CCC.CCC.CCC.CCC#N.CCC(C)=O.CCC=O.CCN(C)C.CCOC1C#CCCCCC1.CCc1c(F)c(F)c(C)c(F)c1F.CCc1ccc2c(c1)OC(C)(C)O2.CCc1ccc2c(c1)OC(C)(C)O2.CCc1ccccc1.CCc1ccccn1.CCc1ccco1.CN1C(=O)C2C3C=CC(O3)C2C1=O. The molecule has 2 saturated heterocycles. The number of benzene rings is 4. The molecule has 4 aromatic carbocycles. The van der Waals surface area contributed by atoms with Crippen molar-refractivity contribution in [1.82, 2.24) is 14.8 Å². The van der Waals surface area contributed by atoms with Crippen LogP contribution in [0.1, 0.15) is 506 Å². The molecule has 150 heavy (non-hydrogen) atoms. The summed E-state index contributed by atoms with van der Waals surface area (Å²) in [4.78, 5) is 49.6. The quantitative estimate of drug-likeness (QED) is 0.0298. The number of pyridine rings is 1. The monoisotopic (exact) mass is 2120 g/mol. The molecule has 6 aromatic rings. The smallest absolute Gasteiger partial charge is 0.246 e. The summed E-state index contributed by atoms with van der Waals surface area (Å²) in [6.45, 7) is 98.7. The fraction of sp³-hybridized carbons (Fsp3) is 0.679. The molecule has 1 saturated carbocycles. The molecule has 3 fully saturated rings. The molecule has 19 heteroatoms. The van der Waals surface area contributed by atoms with E-state index in [1.807, 2.05) is 210 Å². The summed E-state index contributed by atoms with van der Waals surface area (Å²) in [5, 5.41) is 7.62. The number of carbonyl (C=O) groups excluding carboxylic acids is 4. The Morgan fingerprint density at radius 2 is 0.833 bits per heavy atom. The van der Waals surface area contributed by atoms with Crippen molar-refractivity contribution in [2.24, 2.45) is 17.8 Å². The molecule has 5 unspecified atom stereocenters. The van der Waals surface area contributed by atoms with Crippen molar-refractivity contribution in [3.05, 3.63) is 184 Å². The number of likely N-dealkylation sites (tertiary alicyclic amines) is 1. The van der Waals surface area contributed by atoms with E-state index in [1.54, 1.807) is 20.2 Å². The Morgan fingerprint density at radius 3 is 1.08 bits per heavy atom. The number of nitriles is 1. The highest BCUT2D eigenvalue weighted by atomic mass is 19.2. The lowest BCUT2D eigenvalue weighted by Crippen LogP contribution is -2.30. The molecule has 2 bridgehead atoms. The number of hydrogen-bond donors (Lipinski definition) is 0. The van der Waals surface area contributed by atoms with Crippen molar-refractivity contribution < 1.29 is 69.6 Å². The number of carbonyl (C=O) groups is 4. The average Bonchev–Trinajstić information content (AvgIpc) is 1.57. The summed E-state index contributed by atoms with van der Waals surface area (Å²) < 4.78 is 89.8. The van der Waals surface area contributed by atoms with Crippen LogP contribution in [-0.2, 0) is 67.2 Å². The lowest BCUT2D eigenvalue weighted by Gasteiger charge is -2.16.